The summed E-state index contributed by atoms with van der Waals surface area (Å²) < 4.78 is 0. The third-order valence-electron chi connectivity index (χ3n) is 4.08. The molecule has 3 heteroatoms. The molecule has 2 aromatic rings. The third-order valence-corrected chi connectivity index (χ3v) is 6.48. The van der Waals surface area contributed by atoms with Gasteiger partial charge in [0.25, 0.3) is 0 Å². The molecule has 0 aliphatic heterocycles. The Labute approximate surface area is 149 Å². The largest absolute Gasteiger partial charge is 0.0918 e. The van der Waals surface area contributed by atoms with Crippen molar-refractivity contribution < 1.29 is 0 Å². The average Bonchev–Trinajstić information content (AvgIpc) is 2.49. The normalized spacial score (nSPS) is 11.7. The number of halogens is 3. The van der Waals surface area contributed by atoms with E-state index in [1.54, 1.807) is 0 Å². The van der Waals surface area contributed by atoms with Crippen molar-refractivity contribution in [2.75, 3.05) is 10.7 Å². The van der Waals surface area contributed by atoms with Crippen LogP contribution in [0.1, 0.15) is 22.3 Å². The molecular formula is C18H19Br2Cl. The molecule has 0 radical (unpaired) electrons. The minimum atomic E-state index is 0.0340. The zero-order valence-corrected chi connectivity index (χ0v) is 16.2. The fourth-order valence-electron chi connectivity index (χ4n) is 2.49. The fourth-order valence-corrected chi connectivity index (χ4v) is 4.59. The molecule has 2 aromatic carbocycles. The third kappa shape index (κ3) is 3.91. The number of alkyl halides is 2. The van der Waals surface area contributed by atoms with Crippen LogP contribution in [0.2, 0.25) is 5.02 Å². The zero-order valence-electron chi connectivity index (χ0n) is 12.3. The van der Waals surface area contributed by atoms with Gasteiger partial charge in [-0.15, -0.1) is 0 Å². The monoisotopic (exact) mass is 428 g/mol. The Morgan fingerprint density at radius 2 is 1.52 bits per heavy atom. The Balaban J connectivity index is 2.37. The van der Waals surface area contributed by atoms with Crippen molar-refractivity contribution in [1.29, 1.82) is 0 Å². The van der Waals surface area contributed by atoms with Gasteiger partial charge in [-0.3, -0.25) is 0 Å². The maximum atomic E-state index is 6.02. The molecule has 0 atom stereocenters. The Hall–Kier alpha value is -0.310. The molecule has 2 rings (SSSR count). The molecule has 0 aliphatic carbocycles. The number of hydrogen-bond donors (Lipinski definition) is 0. The van der Waals surface area contributed by atoms with Gasteiger partial charge in [0.15, 0.2) is 0 Å². The summed E-state index contributed by atoms with van der Waals surface area (Å²) in [5.41, 5.74) is 5.40. The lowest BCUT2D eigenvalue weighted by Gasteiger charge is -2.31. The lowest BCUT2D eigenvalue weighted by molar-refractivity contribution is 0.551. The van der Waals surface area contributed by atoms with E-state index in [1.807, 2.05) is 12.1 Å². The Kier molecular flexibility index (Phi) is 5.93. The number of benzene rings is 2. The quantitative estimate of drug-likeness (QED) is 0.494. The lowest BCUT2D eigenvalue weighted by atomic mass is 9.79. The molecule has 0 fully saturated rings. The fraction of sp³-hybridized carbons (Fsp3) is 0.333. The molecule has 21 heavy (non-hydrogen) atoms. The zero-order chi connectivity index (χ0) is 15.5. The molecule has 0 unspecified atom stereocenters. The highest BCUT2D eigenvalue weighted by molar-refractivity contribution is 9.09. The molecular weight excluding hydrogens is 411 g/mol. The van der Waals surface area contributed by atoms with Crippen molar-refractivity contribution >= 4 is 43.5 Å². The van der Waals surface area contributed by atoms with Gasteiger partial charge in [0.2, 0.25) is 0 Å². The SMILES string of the molecule is Cc1ccc(CC(CBr)(CBr)c2ccc(Cl)cc2)cc1C. The van der Waals surface area contributed by atoms with E-state index in [0.29, 0.717) is 0 Å². The highest BCUT2D eigenvalue weighted by Crippen LogP contribution is 2.34. The van der Waals surface area contributed by atoms with Crippen molar-refractivity contribution in [2.24, 2.45) is 0 Å². The molecule has 0 aromatic heterocycles. The maximum absolute atomic E-state index is 6.02. The average molecular weight is 431 g/mol. The first-order valence-electron chi connectivity index (χ1n) is 6.95. The second kappa shape index (κ2) is 7.30. The maximum Gasteiger partial charge on any atom is 0.0406 e. The van der Waals surface area contributed by atoms with Crippen LogP contribution in [0.4, 0.5) is 0 Å². The smallest absolute Gasteiger partial charge is 0.0406 e. The first-order valence-corrected chi connectivity index (χ1v) is 9.57. The predicted octanol–water partition coefficient (Wildman–Crippen LogP) is 6.23. The summed E-state index contributed by atoms with van der Waals surface area (Å²) in [4.78, 5) is 0. The highest BCUT2D eigenvalue weighted by atomic mass is 79.9. The predicted molar refractivity (Wildman–Crippen MR) is 100 cm³/mol. The molecule has 0 aliphatic rings. The van der Waals surface area contributed by atoms with Gasteiger partial charge in [-0.05, 0) is 54.7 Å². The van der Waals surface area contributed by atoms with E-state index in [0.717, 1.165) is 22.1 Å². The van der Waals surface area contributed by atoms with Crippen molar-refractivity contribution in [3.8, 4) is 0 Å². The van der Waals surface area contributed by atoms with Crippen molar-refractivity contribution in [2.45, 2.75) is 25.7 Å². The van der Waals surface area contributed by atoms with Crippen LogP contribution in [0.15, 0.2) is 42.5 Å². The van der Waals surface area contributed by atoms with Gasteiger partial charge in [0.05, 0.1) is 0 Å². The molecule has 0 saturated heterocycles. The summed E-state index contributed by atoms with van der Waals surface area (Å²) in [6.07, 6.45) is 0.992. The molecule has 0 amide bonds. The van der Waals surface area contributed by atoms with E-state index in [4.69, 9.17) is 11.6 Å². The summed E-state index contributed by atoms with van der Waals surface area (Å²) in [7, 11) is 0. The van der Waals surface area contributed by atoms with Crippen molar-refractivity contribution in [3.63, 3.8) is 0 Å². The van der Waals surface area contributed by atoms with E-state index >= 15 is 0 Å². The Morgan fingerprint density at radius 3 is 2.05 bits per heavy atom. The molecule has 0 saturated carbocycles. The minimum absolute atomic E-state index is 0.0340. The second-order valence-corrected chi connectivity index (χ2v) is 7.21. The molecule has 0 spiro atoms. The summed E-state index contributed by atoms with van der Waals surface area (Å²) in [6, 6.07) is 14.9. The first kappa shape index (κ1) is 17.1. The molecule has 0 nitrogen and oxygen atoms in total. The van der Waals surface area contributed by atoms with E-state index in [2.05, 4.69) is 76.0 Å². The van der Waals surface area contributed by atoms with E-state index in [1.165, 1.54) is 22.3 Å². The van der Waals surface area contributed by atoms with Crippen LogP contribution in [0.5, 0.6) is 0 Å². The summed E-state index contributed by atoms with van der Waals surface area (Å²) in [6.45, 7) is 4.33. The van der Waals surface area contributed by atoms with Crippen LogP contribution >= 0.6 is 43.5 Å². The topological polar surface area (TPSA) is 0 Å². The molecule has 0 heterocycles. The minimum Gasteiger partial charge on any atom is -0.0918 e. The first-order chi connectivity index (χ1) is 10.0. The van der Waals surface area contributed by atoms with Crippen LogP contribution in [-0.4, -0.2) is 10.7 Å². The van der Waals surface area contributed by atoms with Crippen LogP contribution in [0, 0.1) is 13.8 Å². The van der Waals surface area contributed by atoms with Crippen LogP contribution < -0.4 is 0 Å². The Bertz CT molecular complexity index is 601. The summed E-state index contributed by atoms with van der Waals surface area (Å²) in [5.74, 6) is 0. The molecule has 0 bridgehead atoms. The van der Waals surface area contributed by atoms with Gasteiger partial charge < -0.3 is 0 Å². The van der Waals surface area contributed by atoms with E-state index in [-0.39, 0.29) is 5.41 Å². The van der Waals surface area contributed by atoms with E-state index in [9.17, 15) is 0 Å². The van der Waals surface area contributed by atoms with Gasteiger partial charge in [0.1, 0.15) is 0 Å². The summed E-state index contributed by atoms with van der Waals surface area (Å²) >= 11 is 13.5. The Morgan fingerprint density at radius 1 is 0.905 bits per heavy atom. The van der Waals surface area contributed by atoms with Gasteiger partial charge >= 0.3 is 0 Å². The number of hydrogen-bond acceptors (Lipinski definition) is 0. The van der Waals surface area contributed by atoms with Crippen molar-refractivity contribution in [1.82, 2.24) is 0 Å². The van der Waals surface area contributed by atoms with Gasteiger partial charge in [-0.2, -0.15) is 0 Å². The highest BCUT2D eigenvalue weighted by Gasteiger charge is 2.30. The lowest BCUT2D eigenvalue weighted by Crippen LogP contribution is -2.33. The van der Waals surface area contributed by atoms with Gasteiger partial charge in [-0.25, -0.2) is 0 Å². The van der Waals surface area contributed by atoms with Crippen LogP contribution in [-0.2, 0) is 11.8 Å². The van der Waals surface area contributed by atoms with Gasteiger partial charge in [-0.1, -0.05) is 73.8 Å². The van der Waals surface area contributed by atoms with Gasteiger partial charge in [0, 0.05) is 21.1 Å². The second-order valence-electron chi connectivity index (χ2n) is 5.65. The van der Waals surface area contributed by atoms with Crippen LogP contribution in [0.25, 0.3) is 0 Å². The van der Waals surface area contributed by atoms with Crippen molar-refractivity contribution in [3.05, 3.63) is 69.7 Å². The van der Waals surface area contributed by atoms with Crippen LogP contribution in [0.3, 0.4) is 0 Å². The standard InChI is InChI=1S/C18H19Br2Cl/c1-13-3-4-15(9-14(13)2)10-18(11-19,12-20)16-5-7-17(21)8-6-16/h3-9H,10-12H2,1-2H3. The molecule has 0 N–H and O–H groups in total. The summed E-state index contributed by atoms with van der Waals surface area (Å²) in [5, 5.41) is 2.59. The number of aryl methyl sites for hydroxylation is 2. The van der Waals surface area contributed by atoms with E-state index < -0.39 is 0 Å². The molecule has 112 valence electrons. The number of rotatable bonds is 5.